The number of aliphatic hydroxyl groups is 1. The maximum atomic E-state index is 9.60. The molecule has 3 nitrogen and oxygen atoms in total. The fourth-order valence-corrected chi connectivity index (χ4v) is 0.362. The van der Waals surface area contributed by atoms with Gasteiger partial charge in [0.15, 0.2) is 0 Å². The summed E-state index contributed by atoms with van der Waals surface area (Å²) in [5.74, 6) is -0.935. The van der Waals surface area contributed by atoms with E-state index in [0.29, 0.717) is 6.61 Å². The van der Waals surface area contributed by atoms with Gasteiger partial charge in [-0.25, -0.2) is 4.79 Å². The Balaban J connectivity index is 0. The molecule has 3 heteroatoms. The molecule has 0 aromatic heterocycles. The normalized spacial score (nSPS) is 8.25. The molecule has 0 saturated heterocycles. The Morgan fingerprint density at radius 1 is 1.42 bits per heavy atom. The summed E-state index contributed by atoms with van der Waals surface area (Å²) in [6.07, 6.45) is 3.33. The zero-order valence-electron chi connectivity index (χ0n) is 7.84. The lowest BCUT2D eigenvalue weighted by Gasteiger charge is -1.85. The van der Waals surface area contributed by atoms with E-state index in [2.05, 4.69) is 13.5 Å². The van der Waals surface area contributed by atoms with Crippen LogP contribution in [0.15, 0.2) is 12.2 Å². The van der Waals surface area contributed by atoms with Crippen LogP contribution in [0.5, 0.6) is 0 Å². The van der Waals surface area contributed by atoms with Crippen LogP contribution in [-0.4, -0.2) is 22.8 Å². The van der Waals surface area contributed by atoms with Crippen LogP contribution in [0.3, 0.4) is 0 Å². The van der Waals surface area contributed by atoms with Gasteiger partial charge in [0.25, 0.3) is 0 Å². The standard InChI is InChI=1S/C5H12O.C4H6O2/c1-2-3-4-5-6;1-3(2)4(5)6/h6H,2-5H2,1H3;1H2,2H3,(H,5,6). The predicted molar refractivity (Wildman–Crippen MR) is 49.1 cm³/mol. The van der Waals surface area contributed by atoms with E-state index in [1.165, 1.54) is 13.3 Å². The Labute approximate surface area is 73.7 Å². The number of carbonyl (C=O) groups is 1. The molecule has 0 rings (SSSR count). The fraction of sp³-hybridized carbons (Fsp3) is 0.667. The van der Waals surface area contributed by atoms with Gasteiger partial charge in [0.1, 0.15) is 0 Å². The van der Waals surface area contributed by atoms with Gasteiger partial charge in [-0.1, -0.05) is 26.3 Å². The summed E-state index contributed by atoms with van der Waals surface area (Å²) >= 11 is 0. The zero-order chi connectivity index (χ0) is 9.98. The quantitative estimate of drug-likeness (QED) is 0.505. The molecular weight excluding hydrogens is 156 g/mol. The number of aliphatic hydroxyl groups excluding tert-OH is 1. The number of unbranched alkanes of at least 4 members (excludes halogenated alkanes) is 2. The first-order valence-electron chi connectivity index (χ1n) is 4.05. The highest BCUT2D eigenvalue weighted by molar-refractivity contribution is 5.84. The van der Waals surface area contributed by atoms with Crippen molar-refractivity contribution in [2.45, 2.75) is 33.1 Å². The van der Waals surface area contributed by atoms with Gasteiger partial charge < -0.3 is 10.2 Å². The lowest BCUT2D eigenvalue weighted by atomic mass is 10.3. The molecule has 2 N–H and O–H groups in total. The average Bonchev–Trinajstić information content (AvgIpc) is 2.02. The van der Waals surface area contributed by atoms with Crippen molar-refractivity contribution in [3.05, 3.63) is 12.2 Å². The zero-order valence-corrected chi connectivity index (χ0v) is 7.84. The number of rotatable bonds is 4. The minimum absolute atomic E-state index is 0.176. The van der Waals surface area contributed by atoms with Crippen LogP contribution in [0.2, 0.25) is 0 Å². The molecule has 0 heterocycles. The molecule has 0 radical (unpaired) electrons. The van der Waals surface area contributed by atoms with Crippen LogP contribution in [0.25, 0.3) is 0 Å². The highest BCUT2D eigenvalue weighted by atomic mass is 16.4. The molecule has 72 valence electrons. The van der Waals surface area contributed by atoms with Gasteiger partial charge in [-0.15, -0.1) is 0 Å². The monoisotopic (exact) mass is 174 g/mol. The Morgan fingerprint density at radius 3 is 1.92 bits per heavy atom. The second kappa shape index (κ2) is 10.2. The van der Waals surface area contributed by atoms with Gasteiger partial charge in [0.2, 0.25) is 0 Å². The van der Waals surface area contributed by atoms with E-state index in [1.807, 2.05) is 0 Å². The summed E-state index contributed by atoms with van der Waals surface area (Å²) in [7, 11) is 0. The van der Waals surface area contributed by atoms with Gasteiger partial charge in [-0.2, -0.15) is 0 Å². The maximum Gasteiger partial charge on any atom is 0.330 e. The van der Waals surface area contributed by atoms with E-state index in [0.717, 1.165) is 12.8 Å². The van der Waals surface area contributed by atoms with Gasteiger partial charge in [0, 0.05) is 12.2 Å². The van der Waals surface area contributed by atoms with Crippen molar-refractivity contribution in [2.75, 3.05) is 6.61 Å². The number of carboxylic acids is 1. The van der Waals surface area contributed by atoms with E-state index in [9.17, 15) is 4.79 Å². The molecule has 0 aliphatic heterocycles. The van der Waals surface area contributed by atoms with E-state index >= 15 is 0 Å². The summed E-state index contributed by atoms with van der Waals surface area (Å²) in [5.41, 5.74) is 0.176. The Bertz CT molecular complexity index is 114. The fourth-order valence-electron chi connectivity index (χ4n) is 0.362. The number of aliphatic carboxylic acids is 1. The molecule has 0 saturated carbocycles. The molecule has 0 amide bonds. The van der Waals surface area contributed by atoms with E-state index in [4.69, 9.17) is 10.2 Å². The third-order valence-corrected chi connectivity index (χ3v) is 1.13. The third kappa shape index (κ3) is 16.1. The topological polar surface area (TPSA) is 57.5 Å². The molecule has 0 bridgehead atoms. The van der Waals surface area contributed by atoms with Crippen LogP contribution < -0.4 is 0 Å². The minimum Gasteiger partial charge on any atom is -0.478 e. The van der Waals surface area contributed by atoms with E-state index in [-0.39, 0.29) is 5.57 Å². The average molecular weight is 174 g/mol. The van der Waals surface area contributed by atoms with Crippen LogP contribution >= 0.6 is 0 Å². The molecule has 0 aromatic rings. The van der Waals surface area contributed by atoms with Crippen molar-refractivity contribution in [1.29, 1.82) is 0 Å². The number of hydrogen-bond donors (Lipinski definition) is 2. The largest absolute Gasteiger partial charge is 0.478 e. The first-order valence-corrected chi connectivity index (χ1v) is 4.05. The summed E-state index contributed by atoms with van der Waals surface area (Å²) in [5, 5.41) is 16.1. The van der Waals surface area contributed by atoms with Crippen molar-refractivity contribution in [3.8, 4) is 0 Å². The minimum atomic E-state index is -0.935. The van der Waals surface area contributed by atoms with Gasteiger partial charge in [-0.05, 0) is 13.3 Å². The van der Waals surface area contributed by atoms with Crippen molar-refractivity contribution in [2.24, 2.45) is 0 Å². The molecule has 0 atom stereocenters. The lowest BCUT2D eigenvalue weighted by Crippen LogP contribution is -1.92. The third-order valence-electron chi connectivity index (χ3n) is 1.13. The van der Waals surface area contributed by atoms with E-state index in [1.54, 1.807) is 0 Å². The first-order chi connectivity index (χ1) is 5.56. The predicted octanol–water partition coefficient (Wildman–Crippen LogP) is 1.82. The molecule has 0 fully saturated rings. The Hall–Kier alpha value is -0.830. The van der Waals surface area contributed by atoms with Gasteiger partial charge >= 0.3 is 5.97 Å². The molecule has 0 aliphatic carbocycles. The van der Waals surface area contributed by atoms with Crippen LogP contribution in [0, 0.1) is 0 Å². The molecule has 0 aromatic carbocycles. The van der Waals surface area contributed by atoms with Crippen molar-refractivity contribution in [3.63, 3.8) is 0 Å². The van der Waals surface area contributed by atoms with Gasteiger partial charge in [0.05, 0.1) is 0 Å². The lowest BCUT2D eigenvalue weighted by molar-refractivity contribution is -0.132. The highest BCUT2D eigenvalue weighted by Gasteiger charge is 1.90. The van der Waals surface area contributed by atoms with Crippen molar-refractivity contribution >= 4 is 5.97 Å². The summed E-state index contributed by atoms with van der Waals surface area (Å²) in [6, 6.07) is 0. The summed E-state index contributed by atoms with van der Waals surface area (Å²) in [4.78, 5) is 9.60. The molecule has 0 unspecified atom stereocenters. The summed E-state index contributed by atoms with van der Waals surface area (Å²) in [6.45, 7) is 7.08. The first kappa shape index (κ1) is 13.7. The summed E-state index contributed by atoms with van der Waals surface area (Å²) < 4.78 is 0. The van der Waals surface area contributed by atoms with Crippen LogP contribution in [0.1, 0.15) is 33.1 Å². The molecule has 0 spiro atoms. The second-order valence-electron chi connectivity index (χ2n) is 2.52. The number of carboxylic acid groups (broad SMARTS) is 1. The highest BCUT2D eigenvalue weighted by Crippen LogP contribution is 1.89. The second-order valence-corrected chi connectivity index (χ2v) is 2.52. The number of hydrogen-bond acceptors (Lipinski definition) is 2. The maximum absolute atomic E-state index is 9.60. The smallest absolute Gasteiger partial charge is 0.330 e. The van der Waals surface area contributed by atoms with Crippen molar-refractivity contribution < 1.29 is 15.0 Å². The van der Waals surface area contributed by atoms with Gasteiger partial charge in [-0.3, -0.25) is 0 Å². The van der Waals surface area contributed by atoms with Crippen molar-refractivity contribution in [1.82, 2.24) is 0 Å². The van der Waals surface area contributed by atoms with E-state index < -0.39 is 5.97 Å². The van der Waals surface area contributed by atoms with Crippen LogP contribution in [0.4, 0.5) is 0 Å². The Kier molecular flexibility index (Phi) is 11.6. The Morgan fingerprint density at radius 2 is 1.83 bits per heavy atom. The molecule has 0 aliphatic rings. The SMILES string of the molecule is C=C(C)C(=O)O.CCCCCO. The molecule has 12 heavy (non-hydrogen) atoms. The van der Waals surface area contributed by atoms with Crippen LogP contribution in [-0.2, 0) is 4.79 Å². The molecular formula is C9H18O3.